The molecule has 1 fully saturated rings. The molecule has 6 nitrogen and oxygen atoms in total. The third-order valence-electron chi connectivity index (χ3n) is 3.70. The molecule has 128 valence electrons. The molecular weight excluding hydrogens is 315 g/mol. The van der Waals surface area contributed by atoms with Crippen molar-refractivity contribution in [1.29, 1.82) is 0 Å². The van der Waals surface area contributed by atoms with Crippen molar-refractivity contribution >= 4 is 11.8 Å². The Morgan fingerprint density at radius 3 is 2.65 bits per heavy atom. The molecule has 2 atom stereocenters. The van der Waals surface area contributed by atoms with Crippen LogP contribution in [-0.2, 0) is 16.0 Å². The molecule has 23 heavy (non-hydrogen) atoms. The number of aromatic nitrogens is 1. The Labute approximate surface area is 131 Å². The van der Waals surface area contributed by atoms with Gasteiger partial charge in [-0.05, 0) is 19.8 Å². The highest BCUT2D eigenvalue weighted by molar-refractivity contribution is 5.79. The van der Waals surface area contributed by atoms with Gasteiger partial charge in [0, 0.05) is 25.6 Å². The van der Waals surface area contributed by atoms with E-state index in [0.29, 0.717) is 5.76 Å². The molecule has 1 aromatic rings. The molecule has 0 aromatic carbocycles. The molecule has 0 unspecified atom stereocenters. The van der Waals surface area contributed by atoms with E-state index in [0.717, 1.165) is 4.90 Å². The molecule has 1 aromatic heterocycles. The molecule has 2 amide bonds. The number of alkyl halides is 3. The Balaban J connectivity index is 2.13. The Morgan fingerprint density at radius 1 is 1.43 bits per heavy atom. The highest BCUT2D eigenvalue weighted by atomic mass is 19.4. The molecule has 1 N–H and O–H groups in total. The number of hydrogen-bond donors (Lipinski definition) is 1. The summed E-state index contributed by atoms with van der Waals surface area (Å²) in [7, 11) is 0. The van der Waals surface area contributed by atoms with Crippen LogP contribution in [0.15, 0.2) is 10.6 Å². The quantitative estimate of drug-likeness (QED) is 0.911. The first kappa shape index (κ1) is 17.3. The van der Waals surface area contributed by atoms with Crippen LogP contribution in [0.2, 0.25) is 0 Å². The first-order valence-electron chi connectivity index (χ1n) is 7.22. The highest BCUT2D eigenvalue weighted by Gasteiger charge is 2.48. The molecule has 0 saturated carbocycles. The van der Waals surface area contributed by atoms with Crippen LogP contribution in [0.3, 0.4) is 0 Å². The van der Waals surface area contributed by atoms with Crippen molar-refractivity contribution in [1.82, 2.24) is 15.4 Å². The number of likely N-dealkylation sites (tertiary alicyclic amines) is 1. The zero-order valence-corrected chi connectivity index (χ0v) is 12.8. The number of nitrogens with one attached hydrogen (secondary N) is 1. The van der Waals surface area contributed by atoms with Crippen LogP contribution in [0.25, 0.3) is 0 Å². The molecule has 1 aliphatic rings. The minimum atomic E-state index is -4.50. The van der Waals surface area contributed by atoms with Gasteiger partial charge in [-0.25, -0.2) is 0 Å². The van der Waals surface area contributed by atoms with Gasteiger partial charge in [-0.3, -0.25) is 9.59 Å². The summed E-state index contributed by atoms with van der Waals surface area (Å²) in [5, 5.41) is 6.20. The summed E-state index contributed by atoms with van der Waals surface area (Å²) < 4.78 is 44.3. The summed E-state index contributed by atoms with van der Waals surface area (Å²) in [5.41, 5.74) is 0.287. The fraction of sp³-hybridized carbons (Fsp3) is 0.643. The van der Waals surface area contributed by atoms with Crippen molar-refractivity contribution in [2.24, 2.45) is 0 Å². The zero-order valence-electron chi connectivity index (χ0n) is 12.8. The lowest BCUT2D eigenvalue weighted by atomic mass is 9.97. The fourth-order valence-electron chi connectivity index (χ4n) is 2.75. The van der Waals surface area contributed by atoms with Crippen LogP contribution in [0, 0.1) is 6.92 Å². The van der Waals surface area contributed by atoms with Gasteiger partial charge in [-0.15, -0.1) is 0 Å². The van der Waals surface area contributed by atoms with Crippen LogP contribution >= 0.6 is 0 Å². The normalized spacial score (nSPS) is 22.0. The smallest absolute Gasteiger partial charge is 0.361 e. The van der Waals surface area contributed by atoms with Crippen molar-refractivity contribution in [2.75, 3.05) is 6.54 Å². The molecule has 1 saturated heterocycles. The second-order valence-electron chi connectivity index (χ2n) is 5.68. The number of carbonyl (C=O) groups is 2. The van der Waals surface area contributed by atoms with Gasteiger partial charge in [0.15, 0.2) is 0 Å². The number of rotatable bonds is 3. The van der Waals surface area contributed by atoms with E-state index >= 15 is 0 Å². The predicted molar refractivity (Wildman–Crippen MR) is 73.3 cm³/mol. The summed E-state index contributed by atoms with van der Waals surface area (Å²) in [6.07, 6.45) is -4.83. The standard InChI is InChI=1S/C14H18F3N3O3/c1-8-5-11(19-23-8)6-13(22)20-7-10(18-9(2)21)3-4-12(20)14(15,16)17/h5,10,12H,3-4,6-7H2,1-2H3,(H,18,21)/t10-,12-/m0/s1. The minimum Gasteiger partial charge on any atom is -0.361 e. The maximum absolute atomic E-state index is 13.2. The largest absolute Gasteiger partial charge is 0.408 e. The molecule has 0 aliphatic carbocycles. The van der Waals surface area contributed by atoms with Crippen molar-refractivity contribution in [3.8, 4) is 0 Å². The number of halogens is 3. The average molecular weight is 333 g/mol. The van der Waals surface area contributed by atoms with Gasteiger partial charge in [0.1, 0.15) is 11.8 Å². The second-order valence-corrected chi connectivity index (χ2v) is 5.68. The van der Waals surface area contributed by atoms with E-state index in [1.165, 1.54) is 13.0 Å². The lowest BCUT2D eigenvalue weighted by molar-refractivity contribution is -0.197. The topological polar surface area (TPSA) is 75.4 Å². The summed E-state index contributed by atoms with van der Waals surface area (Å²) in [5.74, 6) is -0.536. The first-order valence-corrected chi connectivity index (χ1v) is 7.22. The van der Waals surface area contributed by atoms with E-state index in [-0.39, 0.29) is 37.4 Å². The zero-order chi connectivity index (χ0) is 17.2. The second kappa shape index (κ2) is 6.59. The van der Waals surface area contributed by atoms with Crippen molar-refractivity contribution < 1.29 is 27.3 Å². The number of amides is 2. The van der Waals surface area contributed by atoms with Gasteiger partial charge in [0.25, 0.3) is 0 Å². The van der Waals surface area contributed by atoms with E-state index in [1.807, 2.05) is 0 Å². The van der Waals surface area contributed by atoms with Crippen LogP contribution in [-0.4, -0.2) is 46.7 Å². The lowest BCUT2D eigenvalue weighted by Crippen LogP contribution is -2.58. The first-order chi connectivity index (χ1) is 10.7. The molecule has 9 heteroatoms. The van der Waals surface area contributed by atoms with Gasteiger partial charge >= 0.3 is 6.18 Å². The predicted octanol–water partition coefficient (Wildman–Crippen LogP) is 1.58. The molecular formula is C14H18F3N3O3. The van der Waals surface area contributed by atoms with E-state index in [2.05, 4.69) is 10.5 Å². The number of nitrogens with zero attached hydrogens (tertiary/aromatic N) is 2. The molecule has 2 heterocycles. The lowest BCUT2D eigenvalue weighted by Gasteiger charge is -2.40. The van der Waals surface area contributed by atoms with Crippen molar-refractivity contribution in [3.63, 3.8) is 0 Å². The maximum atomic E-state index is 13.2. The minimum absolute atomic E-state index is 0.167. The molecule has 0 bridgehead atoms. The average Bonchev–Trinajstić information content (AvgIpc) is 2.82. The third-order valence-corrected chi connectivity index (χ3v) is 3.70. The van der Waals surface area contributed by atoms with Gasteiger partial charge in [-0.1, -0.05) is 5.16 Å². The van der Waals surface area contributed by atoms with Crippen LogP contribution in [0.1, 0.15) is 31.2 Å². The van der Waals surface area contributed by atoms with Crippen molar-refractivity contribution in [2.45, 2.75) is 51.4 Å². The van der Waals surface area contributed by atoms with E-state index in [1.54, 1.807) is 6.92 Å². The van der Waals surface area contributed by atoms with E-state index < -0.39 is 24.2 Å². The Bertz CT molecular complexity index is 585. The van der Waals surface area contributed by atoms with Gasteiger partial charge in [-0.2, -0.15) is 13.2 Å². The SMILES string of the molecule is CC(=O)N[C@H]1CC[C@@H](C(F)(F)F)N(C(=O)Cc2cc(C)on2)C1. The van der Waals surface area contributed by atoms with Gasteiger partial charge in [0.2, 0.25) is 11.8 Å². The summed E-state index contributed by atoms with van der Waals surface area (Å²) in [4.78, 5) is 24.2. The summed E-state index contributed by atoms with van der Waals surface area (Å²) in [6.45, 7) is 2.76. The molecule has 0 spiro atoms. The maximum Gasteiger partial charge on any atom is 0.408 e. The monoisotopic (exact) mass is 333 g/mol. The third kappa shape index (κ3) is 4.46. The highest BCUT2D eigenvalue weighted by Crippen LogP contribution is 2.32. The fourth-order valence-corrected chi connectivity index (χ4v) is 2.75. The van der Waals surface area contributed by atoms with Crippen LogP contribution in [0.4, 0.5) is 13.2 Å². The number of piperidine rings is 1. The Morgan fingerprint density at radius 2 is 2.13 bits per heavy atom. The number of aryl methyl sites for hydroxylation is 1. The van der Waals surface area contributed by atoms with Gasteiger partial charge < -0.3 is 14.7 Å². The number of carbonyl (C=O) groups excluding carboxylic acids is 2. The van der Waals surface area contributed by atoms with E-state index in [4.69, 9.17) is 4.52 Å². The molecule has 1 aliphatic heterocycles. The number of hydrogen-bond acceptors (Lipinski definition) is 4. The van der Waals surface area contributed by atoms with Gasteiger partial charge in [0.05, 0.1) is 12.1 Å². The van der Waals surface area contributed by atoms with Crippen molar-refractivity contribution in [3.05, 3.63) is 17.5 Å². The Hall–Kier alpha value is -2.06. The van der Waals surface area contributed by atoms with Crippen LogP contribution < -0.4 is 5.32 Å². The summed E-state index contributed by atoms with van der Waals surface area (Å²) >= 11 is 0. The molecule has 2 rings (SSSR count). The van der Waals surface area contributed by atoms with E-state index in [9.17, 15) is 22.8 Å². The Kier molecular flexibility index (Phi) is 4.96. The molecule has 0 radical (unpaired) electrons. The van der Waals surface area contributed by atoms with Crippen LogP contribution in [0.5, 0.6) is 0 Å². The summed E-state index contributed by atoms with van der Waals surface area (Å²) in [6, 6.07) is -0.808.